The second kappa shape index (κ2) is 8.19. The van der Waals surface area contributed by atoms with E-state index in [-0.39, 0.29) is 33.0 Å². The quantitative estimate of drug-likeness (QED) is 0.407. The molecule has 4 heterocycles. The van der Waals surface area contributed by atoms with E-state index in [4.69, 9.17) is 5.73 Å². The monoisotopic (exact) mass is 547 g/mol. The number of alkyl halides is 3. The third kappa shape index (κ3) is 3.92. The van der Waals surface area contributed by atoms with Gasteiger partial charge in [0.05, 0.1) is 16.1 Å². The molecule has 3 aromatic rings. The number of fused-ring (bicyclic) bond motifs is 1. The van der Waals surface area contributed by atoms with E-state index in [2.05, 4.69) is 31.7 Å². The fourth-order valence-corrected chi connectivity index (χ4v) is 5.99. The molecule has 4 N–H and O–H groups in total. The predicted octanol–water partition coefficient (Wildman–Crippen LogP) is 5.40. The van der Waals surface area contributed by atoms with E-state index in [0.29, 0.717) is 5.56 Å². The number of primary amides is 1. The van der Waals surface area contributed by atoms with Gasteiger partial charge in [-0.25, -0.2) is 4.68 Å². The summed E-state index contributed by atoms with van der Waals surface area (Å²) in [6, 6.07) is 1.04. The first kappa shape index (κ1) is 22.8. The highest BCUT2D eigenvalue weighted by Gasteiger charge is 2.48. The summed E-state index contributed by atoms with van der Waals surface area (Å²) < 4.78 is 42.5. The lowest BCUT2D eigenvalue weighted by molar-refractivity contribution is -0.173. The van der Waals surface area contributed by atoms with Crippen LogP contribution >= 0.6 is 38.6 Å². The number of aromatic nitrogens is 2. The Morgan fingerprint density at radius 3 is 2.69 bits per heavy atom. The Kier molecular flexibility index (Phi) is 5.84. The van der Waals surface area contributed by atoms with Crippen molar-refractivity contribution in [2.45, 2.75) is 38.5 Å². The van der Waals surface area contributed by atoms with Crippen molar-refractivity contribution < 1.29 is 22.8 Å². The number of amides is 2. The van der Waals surface area contributed by atoms with Gasteiger partial charge in [-0.1, -0.05) is 6.07 Å². The first-order chi connectivity index (χ1) is 15.0. The maximum absolute atomic E-state index is 13.9. The smallest absolute Gasteiger partial charge is 0.365 e. The Bertz CT molecular complexity index is 1200. The molecule has 7 nitrogen and oxygen atoms in total. The molecule has 2 unspecified atom stereocenters. The number of halogens is 4. The van der Waals surface area contributed by atoms with Crippen molar-refractivity contribution in [1.29, 1.82) is 0 Å². The average Bonchev–Trinajstić information content (AvgIpc) is 3.40. The number of aryl methyl sites for hydroxylation is 1. The normalized spacial score (nSPS) is 18.2. The van der Waals surface area contributed by atoms with Crippen molar-refractivity contribution in [2.24, 2.45) is 5.73 Å². The molecular weight excluding hydrogens is 531 g/mol. The molecule has 2 amide bonds. The van der Waals surface area contributed by atoms with Gasteiger partial charge in [0.2, 0.25) is 0 Å². The van der Waals surface area contributed by atoms with E-state index in [1.165, 1.54) is 11.3 Å². The summed E-state index contributed by atoms with van der Waals surface area (Å²) >= 11 is 5.75. The average molecular weight is 548 g/mol. The van der Waals surface area contributed by atoms with Crippen LogP contribution in [0.4, 0.5) is 24.0 Å². The highest BCUT2D eigenvalue weighted by atomic mass is 79.9. The molecule has 0 radical (unpaired) electrons. The Morgan fingerprint density at radius 2 is 2.09 bits per heavy atom. The van der Waals surface area contributed by atoms with Crippen LogP contribution < -0.4 is 16.4 Å². The summed E-state index contributed by atoms with van der Waals surface area (Å²) in [7, 11) is 0. The van der Waals surface area contributed by atoms with E-state index in [9.17, 15) is 22.8 Å². The minimum absolute atomic E-state index is 0.0655. The van der Waals surface area contributed by atoms with Crippen molar-refractivity contribution in [3.63, 3.8) is 0 Å². The largest absolute Gasteiger partial charge is 0.410 e. The summed E-state index contributed by atoms with van der Waals surface area (Å²) in [4.78, 5) is 26.3. The van der Waals surface area contributed by atoms with Crippen molar-refractivity contribution >= 4 is 61.2 Å². The van der Waals surface area contributed by atoms with Crippen LogP contribution in [-0.4, -0.2) is 27.8 Å². The zero-order valence-electron chi connectivity index (χ0n) is 16.7. The summed E-state index contributed by atoms with van der Waals surface area (Å²) in [5.74, 6) is -1.39. The fraction of sp³-hybridized carbons (Fsp3) is 0.316. The number of carbonyl (C=O) groups is 2. The molecule has 32 heavy (non-hydrogen) atoms. The number of carbonyl (C=O) groups excluding carboxylic acids is 2. The van der Waals surface area contributed by atoms with Crippen LogP contribution in [0.15, 0.2) is 22.0 Å². The van der Waals surface area contributed by atoms with Crippen LogP contribution in [0.1, 0.15) is 54.7 Å². The summed E-state index contributed by atoms with van der Waals surface area (Å²) in [6.07, 6.45) is -4.83. The maximum atomic E-state index is 13.9. The molecule has 4 rings (SSSR count). The van der Waals surface area contributed by atoms with Crippen molar-refractivity contribution in [3.05, 3.63) is 48.6 Å². The third-order valence-electron chi connectivity index (χ3n) is 5.26. The molecule has 0 saturated heterocycles. The van der Waals surface area contributed by atoms with Gasteiger partial charge >= 0.3 is 6.18 Å². The van der Waals surface area contributed by atoms with E-state index < -0.39 is 30.1 Å². The highest BCUT2D eigenvalue weighted by molar-refractivity contribution is 9.10. The zero-order valence-corrected chi connectivity index (χ0v) is 19.9. The van der Waals surface area contributed by atoms with E-state index in [0.717, 1.165) is 25.8 Å². The van der Waals surface area contributed by atoms with Gasteiger partial charge in [-0.15, -0.1) is 22.7 Å². The molecule has 0 aliphatic carbocycles. The number of hydrogen-bond acceptors (Lipinski definition) is 6. The lowest BCUT2D eigenvalue weighted by Gasteiger charge is -2.33. The summed E-state index contributed by atoms with van der Waals surface area (Å²) in [5, 5.41) is 11.6. The van der Waals surface area contributed by atoms with Gasteiger partial charge in [-0.3, -0.25) is 9.59 Å². The van der Waals surface area contributed by atoms with Crippen LogP contribution in [0.2, 0.25) is 0 Å². The zero-order chi connectivity index (χ0) is 23.4. The summed E-state index contributed by atoms with van der Waals surface area (Å²) in [6.45, 7) is 3.48. The van der Waals surface area contributed by atoms with Crippen LogP contribution in [0, 0.1) is 13.8 Å². The molecule has 13 heteroatoms. The number of anilines is 2. The van der Waals surface area contributed by atoms with Gasteiger partial charge in [0.25, 0.3) is 11.8 Å². The van der Waals surface area contributed by atoms with E-state index in [1.807, 2.05) is 0 Å². The Morgan fingerprint density at radius 1 is 1.38 bits per heavy atom. The predicted molar refractivity (Wildman–Crippen MR) is 121 cm³/mol. The number of thiophene rings is 2. The topological polar surface area (TPSA) is 102 Å². The first-order valence-corrected chi connectivity index (χ1v) is 11.8. The molecule has 170 valence electrons. The van der Waals surface area contributed by atoms with Crippen LogP contribution in [-0.2, 0) is 0 Å². The van der Waals surface area contributed by atoms with Crippen molar-refractivity contribution in [3.8, 4) is 0 Å². The minimum atomic E-state index is -4.56. The number of hydrogen-bond donors (Lipinski definition) is 3. The van der Waals surface area contributed by atoms with Gasteiger partial charge in [0, 0.05) is 16.2 Å². The molecule has 1 aliphatic heterocycles. The lowest BCUT2D eigenvalue weighted by atomic mass is 10.0. The molecule has 1 aliphatic rings. The molecule has 0 aromatic carbocycles. The summed E-state index contributed by atoms with van der Waals surface area (Å²) in [5.41, 5.74) is 6.01. The molecular formula is C19H17BrF3N5O2S2. The molecule has 0 spiro atoms. The second-order valence-electron chi connectivity index (χ2n) is 7.27. The highest BCUT2D eigenvalue weighted by Crippen LogP contribution is 2.47. The number of nitrogens with zero attached hydrogens (tertiary/aromatic N) is 2. The Balaban J connectivity index is 1.72. The standard InChI is InChI=1S/C19H17BrF3N5O2S2/c1-7-8(2)32-18(12(7)15(24)29)26-17(30)14-13(20)16-25-9(10-4-3-5-31-10)6-11(19(21,22)23)28(16)27-14/h3-5,9,11,25H,6H2,1-2H3,(H2,24,29)(H,26,30). The Labute approximate surface area is 196 Å². The van der Waals surface area contributed by atoms with Gasteiger partial charge in [0.15, 0.2) is 11.7 Å². The SMILES string of the molecule is Cc1sc(NC(=O)c2nn3c(c2Br)NC(c2cccs2)CC3C(F)(F)F)c(C(N)=O)c1C. The molecule has 0 bridgehead atoms. The first-order valence-electron chi connectivity index (χ1n) is 9.34. The lowest BCUT2D eigenvalue weighted by Crippen LogP contribution is -2.35. The maximum Gasteiger partial charge on any atom is 0.410 e. The van der Waals surface area contributed by atoms with Gasteiger partial charge in [-0.05, 0) is 46.8 Å². The van der Waals surface area contributed by atoms with Crippen LogP contribution in [0.3, 0.4) is 0 Å². The van der Waals surface area contributed by atoms with Gasteiger partial charge in [0.1, 0.15) is 10.8 Å². The minimum Gasteiger partial charge on any atom is -0.365 e. The van der Waals surface area contributed by atoms with Gasteiger partial charge < -0.3 is 16.4 Å². The molecule has 3 aromatic heterocycles. The van der Waals surface area contributed by atoms with Gasteiger partial charge in [-0.2, -0.15) is 18.3 Å². The van der Waals surface area contributed by atoms with E-state index in [1.54, 1.807) is 31.4 Å². The number of nitrogens with two attached hydrogens (primary N) is 1. The van der Waals surface area contributed by atoms with Crippen molar-refractivity contribution in [1.82, 2.24) is 9.78 Å². The number of nitrogens with one attached hydrogen (secondary N) is 2. The third-order valence-corrected chi connectivity index (χ3v) is 8.12. The van der Waals surface area contributed by atoms with Crippen LogP contribution in [0.5, 0.6) is 0 Å². The van der Waals surface area contributed by atoms with E-state index >= 15 is 0 Å². The number of rotatable bonds is 4. The second-order valence-corrected chi connectivity index (χ2v) is 10.3. The van der Waals surface area contributed by atoms with Crippen molar-refractivity contribution in [2.75, 3.05) is 10.6 Å². The fourth-order valence-electron chi connectivity index (χ4n) is 3.58. The van der Waals surface area contributed by atoms with Crippen LogP contribution in [0.25, 0.3) is 0 Å². The Hall–Kier alpha value is -2.38. The molecule has 2 atom stereocenters. The molecule has 0 fully saturated rings. The molecule has 0 saturated carbocycles.